The lowest BCUT2D eigenvalue weighted by atomic mass is 10.2. The van der Waals surface area contributed by atoms with Crippen LogP contribution >= 0.6 is 11.8 Å². The normalized spacial score (nSPS) is 11.1. The Bertz CT molecular complexity index is 605. The number of non-ortho nitro benzene ring substituents is 1. The summed E-state index contributed by atoms with van der Waals surface area (Å²) in [5, 5.41) is 22.8. The molecule has 0 spiro atoms. The second-order valence-corrected chi connectivity index (χ2v) is 4.49. The number of carbonyl (C=O) groups is 1. The van der Waals surface area contributed by atoms with E-state index in [-0.39, 0.29) is 17.9 Å². The third-order valence-corrected chi connectivity index (χ3v) is 3.07. The Balaban J connectivity index is 3.02. The lowest BCUT2D eigenvalue weighted by molar-refractivity contribution is -0.384. The van der Waals surface area contributed by atoms with Gasteiger partial charge in [0.05, 0.1) is 16.6 Å². The van der Waals surface area contributed by atoms with Crippen molar-refractivity contribution in [3.05, 3.63) is 45.0 Å². The largest absolute Gasteiger partial charge is 0.462 e. The Morgan fingerprint density at radius 2 is 2.10 bits per heavy atom. The summed E-state index contributed by atoms with van der Waals surface area (Å²) in [7, 11) is 0. The number of nitrogens with one attached hydrogen (secondary N) is 1. The van der Waals surface area contributed by atoms with Crippen molar-refractivity contribution in [1.82, 2.24) is 0 Å². The molecular weight excluding hydrogens is 294 g/mol. The van der Waals surface area contributed by atoms with E-state index >= 15 is 0 Å². The Hall–Kier alpha value is -2.53. The average Bonchev–Trinajstić information content (AvgIpc) is 2.47. The van der Waals surface area contributed by atoms with Gasteiger partial charge in [-0.1, -0.05) is 0 Å². The van der Waals surface area contributed by atoms with Crippen LogP contribution in [0.3, 0.4) is 0 Å². The van der Waals surface area contributed by atoms with Crippen LogP contribution in [0.4, 0.5) is 11.4 Å². The van der Waals surface area contributed by atoms with Gasteiger partial charge in [0.2, 0.25) is 0 Å². The summed E-state index contributed by atoms with van der Waals surface area (Å²) in [6, 6.07) is 7.45. The van der Waals surface area contributed by atoms with Crippen LogP contribution in [0.15, 0.2) is 34.9 Å². The molecule has 0 saturated carbocycles. The molecule has 0 aliphatic carbocycles. The topological polar surface area (TPSA) is 105 Å². The summed E-state index contributed by atoms with van der Waals surface area (Å²) >= 11 is 1.17. The van der Waals surface area contributed by atoms with E-state index in [1.165, 1.54) is 36.0 Å². The van der Waals surface area contributed by atoms with Gasteiger partial charge in [0.25, 0.3) is 5.69 Å². The number of hydrogen-bond donors (Lipinski definition) is 1. The number of carbonyl (C=O) groups excluding carboxylic acids is 1. The predicted molar refractivity (Wildman–Crippen MR) is 79.5 cm³/mol. The molecule has 1 aromatic carbocycles. The van der Waals surface area contributed by atoms with Crippen LogP contribution in [-0.4, -0.2) is 23.8 Å². The third kappa shape index (κ3) is 4.50. The molecule has 21 heavy (non-hydrogen) atoms. The fourth-order valence-electron chi connectivity index (χ4n) is 1.41. The van der Waals surface area contributed by atoms with Gasteiger partial charge < -0.3 is 10.1 Å². The van der Waals surface area contributed by atoms with E-state index in [0.717, 1.165) is 0 Å². The van der Waals surface area contributed by atoms with E-state index in [9.17, 15) is 14.9 Å². The van der Waals surface area contributed by atoms with Gasteiger partial charge in [-0.3, -0.25) is 10.1 Å². The van der Waals surface area contributed by atoms with Crippen molar-refractivity contribution < 1.29 is 14.5 Å². The predicted octanol–water partition coefficient (Wildman–Crippen LogP) is 2.67. The summed E-state index contributed by atoms with van der Waals surface area (Å²) in [5.74, 6) is -0.709. The van der Waals surface area contributed by atoms with Gasteiger partial charge in [-0.2, -0.15) is 5.26 Å². The highest BCUT2D eigenvalue weighted by Gasteiger charge is 2.16. The molecule has 0 atom stereocenters. The molecule has 1 N–H and O–H groups in total. The van der Waals surface area contributed by atoms with Gasteiger partial charge in [-0.25, -0.2) is 4.79 Å². The number of nitro groups is 1. The number of rotatable bonds is 6. The number of ether oxygens (including phenoxy) is 1. The highest BCUT2D eigenvalue weighted by atomic mass is 32.2. The molecule has 0 unspecified atom stereocenters. The maximum Gasteiger partial charge on any atom is 0.351 e. The SMILES string of the molecule is CCOC(=O)/C(C#N)=C(\Nc1ccc([N+](=O)[O-])cc1)SC. The van der Waals surface area contributed by atoms with Crippen molar-refractivity contribution in [3.8, 4) is 6.07 Å². The zero-order valence-corrected chi connectivity index (χ0v) is 12.3. The maximum atomic E-state index is 11.7. The molecule has 8 heteroatoms. The minimum atomic E-state index is -0.709. The Morgan fingerprint density at radius 3 is 2.52 bits per heavy atom. The monoisotopic (exact) mass is 307 g/mol. The van der Waals surface area contributed by atoms with Gasteiger partial charge in [0, 0.05) is 17.8 Å². The van der Waals surface area contributed by atoms with Gasteiger partial charge in [0.15, 0.2) is 5.57 Å². The molecule has 0 aliphatic heterocycles. The van der Waals surface area contributed by atoms with Crippen LogP contribution in [0.25, 0.3) is 0 Å². The number of nitrogens with zero attached hydrogens (tertiary/aromatic N) is 2. The third-order valence-electron chi connectivity index (χ3n) is 2.36. The second-order valence-electron chi connectivity index (χ2n) is 3.67. The number of benzene rings is 1. The van der Waals surface area contributed by atoms with E-state index in [4.69, 9.17) is 10.00 Å². The van der Waals surface area contributed by atoms with Crippen LogP contribution in [0.1, 0.15) is 6.92 Å². The smallest absolute Gasteiger partial charge is 0.351 e. The van der Waals surface area contributed by atoms with E-state index in [1.54, 1.807) is 19.2 Å². The standard InChI is InChI=1S/C13H13N3O4S/c1-3-20-13(17)11(8-14)12(21-2)15-9-4-6-10(7-5-9)16(18)19/h4-7,15H,3H2,1-2H3/b12-11+. The molecule has 1 aromatic rings. The van der Waals surface area contributed by atoms with Crippen LogP contribution in [0.5, 0.6) is 0 Å². The zero-order valence-electron chi connectivity index (χ0n) is 11.5. The van der Waals surface area contributed by atoms with E-state index in [0.29, 0.717) is 10.7 Å². The second kappa shape index (κ2) is 7.91. The van der Waals surface area contributed by atoms with E-state index in [2.05, 4.69) is 5.32 Å². The molecule has 0 heterocycles. The highest BCUT2D eigenvalue weighted by molar-refractivity contribution is 8.02. The minimum absolute atomic E-state index is 0.0406. The number of anilines is 1. The first-order valence-corrected chi connectivity index (χ1v) is 7.12. The summed E-state index contributed by atoms with van der Waals surface area (Å²) in [6.07, 6.45) is 1.70. The number of nitro benzene ring substituents is 1. The molecule has 0 bridgehead atoms. The lowest BCUT2D eigenvalue weighted by Gasteiger charge is -2.10. The van der Waals surface area contributed by atoms with Gasteiger partial charge in [-0.15, -0.1) is 11.8 Å². The van der Waals surface area contributed by atoms with Gasteiger partial charge >= 0.3 is 5.97 Å². The number of thioether (sulfide) groups is 1. The first-order valence-electron chi connectivity index (χ1n) is 5.90. The van der Waals surface area contributed by atoms with E-state index in [1.807, 2.05) is 0 Å². The van der Waals surface area contributed by atoms with Crippen molar-refractivity contribution in [3.63, 3.8) is 0 Å². The average molecular weight is 307 g/mol. The summed E-state index contributed by atoms with van der Waals surface area (Å²) in [5.41, 5.74) is 0.353. The van der Waals surface area contributed by atoms with Gasteiger partial charge in [-0.05, 0) is 25.3 Å². The first-order chi connectivity index (χ1) is 10.0. The highest BCUT2D eigenvalue weighted by Crippen LogP contribution is 2.23. The molecular formula is C13H13N3O4S. The molecule has 0 aromatic heterocycles. The molecule has 0 fully saturated rings. The Labute approximate surface area is 125 Å². The van der Waals surface area contributed by atoms with Crippen LogP contribution in [0.2, 0.25) is 0 Å². The van der Waals surface area contributed by atoms with Crippen LogP contribution < -0.4 is 5.32 Å². The Kier molecular flexibility index (Phi) is 6.23. The molecule has 1 rings (SSSR count). The maximum absolute atomic E-state index is 11.7. The van der Waals surface area contributed by atoms with Crippen molar-refractivity contribution >= 4 is 29.1 Å². The molecule has 7 nitrogen and oxygen atoms in total. The molecule has 0 saturated heterocycles. The molecule has 0 radical (unpaired) electrons. The first kappa shape index (κ1) is 16.5. The minimum Gasteiger partial charge on any atom is -0.462 e. The zero-order chi connectivity index (χ0) is 15.8. The number of nitriles is 1. The summed E-state index contributed by atoms with van der Waals surface area (Å²) in [4.78, 5) is 21.7. The fourth-order valence-corrected chi connectivity index (χ4v) is 1.96. The Morgan fingerprint density at radius 1 is 1.48 bits per heavy atom. The fraction of sp³-hybridized carbons (Fsp3) is 0.231. The lowest BCUT2D eigenvalue weighted by Crippen LogP contribution is -2.11. The summed E-state index contributed by atoms with van der Waals surface area (Å²) < 4.78 is 4.80. The van der Waals surface area contributed by atoms with E-state index < -0.39 is 10.9 Å². The molecule has 110 valence electrons. The number of hydrogen-bond acceptors (Lipinski definition) is 7. The van der Waals surface area contributed by atoms with Crippen molar-refractivity contribution in [1.29, 1.82) is 5.26 Å². The van der Waals surface area contributed by atoms with Crippen molar-refractivity contribution in [2.75, 3.05) is 18.2 Å². The van der Waals surface area contributed by atoms with Crippen molar-refractivity contribution in [2.24, 2.45) is 0 Å². The van der Waals surface area contributed by atoms with Gasteiger partial charge in [0.1, 0.15) is 6.07 Å². The molecule has 0 aliphatic rings. The van der Waals surface area contributed by atoms with Crippen LogP contribution in [-0.2, 0) is 9.53 Å². The number of esters is 1. The van der Waals surface area contributed by atoms with Crippen LogP contribution in [0, 0.1) is 21.4 Å². The van der Waals surface area contributed by atoms with Crippen molar-refractivity contribution in [2.45, 2.75) is 6.92 Å². The molecule has 0 amide bonds. The quantitative estimate of drug-likeness (QED) is 0.283. The summed E-state index contributed by atoms with van der Waals surface area (Å²) in [6.45, 7) is 1.82.